The van der Waals surface area contributed by atoms with Gasteiger partial charge in [0.15, 0.2) is 5.78 Å². The maximum atomic E-state index is 14.5. The number of rotatable bonds is 25. The van der Waals surface area contributed by atoms with Crippen molar-refractivity contribution in [3.63, 3.8) is 0 Å². The van der Waals surface area contributed by atoms with Crippen molar-refractivity contribution in [3.05, 3.63) is 142 Å². The highest BCUT2D eigenvalue weighted by Gasteiger charge is 2.42. The van der Waals surface area contributed by atoms with E-state index in [-0.39, 0.29) is 74.2 Å². The van der Waals surface area contributed by atoms with E-state index in [9.17, 15) is 51.9 Å². The van der Waals surface area contributed by atoms with Gasteiger partial charge in [-0.1, -0.05) is 117 Å². The maximum Gasteiger partial charge on any atom is 0.270 e. The van der Waals surface area contributed by atoms with E-state index < -0.39 is 71.3 Å². The zero-order valence-corrected chi connectivity index (χ0v) is 45.3. The van der Waals surface area contributed by atoms with Gasteiger partial charge in [0.25, 0.3) is 17.7 Å². The van der Waals surface area contributed by atoms with Crippen molar-refractivity contribution in [2.75, 3.05) is 13.1 Å². The van der Waals surface area contributed by atoms with E-state index in [1.165, 1.54) is 34.1 Å². The zero-order chi connectivity index (χ0) is 57.6. The first kappa shape index (κ1) is 58.6. The Labute approximate surface area is 468 Å². The fourth-order valence-corrected chi connectivity index (χ4v) is 10.8. The van der Waals surface area contributed by atoms with E-state index >= 15 is 0 Å². The van der Waals surface area contributed by atoms with Crippen LogP contribution in [0.3, 0.4) is 0 Å². The van der Waals surface area contributed by atoms with Gasteiger partial charge < -0.3 is 36.5 Å². The highest BCUT2D eigenvalue weighted by atomic mass is 19.3. The number of nitrogens with zero attached hydrogens (tertiary/aromatic N) is 2. The van der Waals surface area contributed by atoms with E-state index in [0.717, 1.165) is 56.6 Å². The van der Waals surface area contributed by atoms with Gasteiger partial charge in [-0.15, -0.1) is 0 Å². The molecular weight excluding hydrogens is 1040 g/mol. The molecule has 0 aliphatic carbocycles. The third-order valence-electron chi connectivity index (χ3n) is 15.3. The van der Waals surface area contributed by atoms with Gasteiger partial charge in [0.1, 0.15) is 23.8 Å². The average Bonchev–Trinajstić information content (AvgIpc) is 4.22. The summed E-state index contributed by atoms with van der Waals surface area (Å²) in [5.41, 5.74) is 8.89. The number of halogens is 2. The normalized spacial score (nSPS) is 17.1. The average molecular weight is 1110 g/mol. The Kier molecular flexibility index (Phi) is 19.6. The van der Waals surface area contributed by atoms with Crippen LogP contribution in [-0.2, 0) is 46.0 Å². The fourth-order valence-electron chi connectivity index (χ4n) is 10.8. The first-order valence-corrected chi connectivity index (χ1v) is 27.8. The second kappa shape index (κ2) is 27.1. The van der Waals surface area contributed by atoms with Gasteiger partial charge in [0.05, 0.1) is 12.0 Å². The SMILES string of the molecule is CC(F)(F)c1ccc2[nH]c(C(=O)N[C@H](C(=O)N3CCC[C@H]3C(=O)N[C@@H](CCC(N)=O)C(=O)C[C@H](C(=O)NCCCCCCCCCC#Cc3cccc4c3CN(C3CCC(=O)NC3=O)C4=O)c3ccccc3)c3ccccc3)cc2c1. The summed E-state index contributed by atoms with van der Waals surface area (Å²) in [6.45, 7) is 1.59. The Bertz CT molecular complexity index is 3220. The smallest absolute Gasteiger partial charge is 0.270 e. The topological polar surface area (TPSA) is 250 Å². The van der Waals surface area contributed by atoms with E-state index in [4.69, 9.17) is 5.73 Å². The van der Waals surface area contributed by atoms with Crippen LogP contribution < -0.4 is 27.0 Å². The van der Waals surface area contributed by atoms with Crippen LogP contribution in [0.1, 0.15) is 164 Å². The summed E-state index contributed by atoms with van der Waals surface area (Å²) >= 11 is 0. The van der Waals surface area contributed by atoms with E-state index in [0.29, 0.717) is 59.8 Å². The first-order chi connectivity index (χ1) is 39.0. The molecule has 4 aromatic carbocycles. The molecular formula is C62H68F2N8O9. The minimum Gasteiger partial charge on any atom is -0.370 e. The molecule has 19 heteroatoms. The van der Waals surface area contributed by atoms with Crippen molar-refractivity contribution in [1.29, 1.82) is 0 Å². The first-order valence-electron chi connectivity index (χ1n) is 27.8. The lowest BCUT2D eigenvalue weighted by molar-refractivity contribution is -0.141. The monoisotopic (exact) mass is 1110 g/mol. The van der Waals surface area contributed by atoms with E-state index in [2.05, 4.69) is 38.1 Å². The highest BCUT2D eigenvalue weighted by molar-refractivity contribution is 6.06. The standard InChI is InChI=1S/C62H68F2N8O9/c1-62(63,64)43-27-28-47-42(35-43)36-49(67-47)57(77)70-55(41-22-14-10-15-23-41)61(81)71-34-18-26-50(71)58(78)68-48(29-31-53(65)74)52(73)37-45(39-19-12-9-13-20-39)56(76)66-33-16-8-6-4-2-3-5-7-11-21-40-24-17-25-44-46(40)38-72(60(44)80)51-30-32-54(75)69-59(51)79/h9-10,12-15,17,19-20,22-25,27-28,35-36,45,48,50-51,55,67H,2-8,16,18,26,29-34,37-38H2,1H3,(H2,65,74)(H,66,76)(H,68,78)(H,70,77)(H,69,75,79)/t45-,48-,50-,51?,55-/m0/s1. The van der Waals surface area contributed by atoms with Crippen molar-refractivity contribution in [1.82, 2.24) is 36.1 Å². The molecule has 1 aromatic heterocycles. The van der Waals surface area contributed by atoms with Crippen LogP contribution >= 0.6 is 0 Å². The molecule has 0 saturated carbocycles. The number of alkyl halides is 2. The van der Waals surface area contributed by atoms with Crippen LogP contribution in [0.5, 0.6) is 0 Å². The minimum absolute atomic E-state index is 0.0303. The fraction of sp³-hybridized carbons (Fsp3) is 0.403. The molecule has 3 aliphatic rings. The number of fused-ring (bicyclic) bond motifs is 2. The molecule has 2 fully saturated rings. The van der Waals surface area contributed by atoms with Crippen molar-refractivity contribution in [2.45, 2.75) is 146 Å². The molecule has 7 N–H and O–H groups in total. The number of hydrogen-bond acceptors (Lipinski definition) is 9. The quantitative estimate of drug-likeness (QED) is 0.0195. The summed E-state index contributed by atoms with van der Waals surface area (Å²) in [7, 11) is 0. The number of nitrogens with two attached hydrogens (primary N) is 1. The summed E-state index contributed by atoms with van der Waals surface area (Å²) < 4.78 is 28.2. The number of imide groups is 1. The van der Waals surface area contributed by atoms with Crippen molar-refractivity contribution in [2.24, 2.45) is 5.73 Å². The number of amides is 8. The summed E-state index contributed by atoms with van der Waals surface area (Å²) in [6, 6.07) is 23.9. The Balaban J connectivity index is 0.811. The summed E-state index contributed by atoms with van der Waals surface area (Å²) in [5, 5.41) is 11.3. The number of piperidine rings is 1. The van der Waals surface area contributed by atoms with Crippen LogP contribution in [0, 0.1) is 11.8 Å². The number of unbranched alkanes of at least 4 members (excludes halogenated alkanes) is 7. The Morgan fingerprint density at radius 3 is 2.22 bits per heavy atom. The predicted molar refractivity (Wildman–Crippen MR) is 298 cm³/mol. The number of Topliss-reactive ketones (excluding diaryl/α,β-unsaturated/α-hetero) is 1. The molecule has 17 nitrogen and oxygen atoms in total. The van der Waals surface area contributed by atoms with Gasteiger partial charge in [-0.2, -0.15) is 0 Å². The van der Waals surface area contributed by atoms with Gasteiger partial charge in [0.2, 0.25) is 35.4 Å². The number of carbonyl (C=O) groups excluding carboxylic acids is 9. The number of aromatic amines is 1. The molecule has 0 radical (unpaired) electrons. The van der Waals surface area contributed by atoms with Crippen LogP contribution in [0.25, 0.3) is 10.9 Å². The number of H-pyrrole nitrogens is 1. The van der Waals surface area contributed by atoms with Gasteiger partial charge in [-0.05, 0) is 85.5 Å². The zero-order valence-electron chi connectivity index (χ0n) is 45.3. The van der Waals surface area contributed by atoms with Gasteiger partial charge in [0, 0.05) is 79.8 Å². The number of nitrogens with one attached hydrogen (secondary N) is 5. The van der Waals surface area contributed by atoms with Gasteiger partial charge >= 0.3 is 0 Å². The second-order valence-electron chi connectivity index (χ2n) is 21.1. The molecule has 8 amide bonds. The van der Waals surface area contributed by atoms with Crippen molar-refractivity contribution < 1.29 is 51.9 Å². The number of likely N-dealkylation sites (tertiary alicyclic amines) is 1. The Morgan fingerprint density at radius 2 is 1.52 bits per heavy atom. The Morgan fingerprint density at radius 1 is 0.815 bits per heavy atom. The molecule has 5 atom stereocenters. The molecule has 4 heterocycles. The number of benzene rings is 4. The van der Waals surface area contributed by atoms with Crippen LogP contribution in [0.4, 0.5) is 8.78 Å². The van der Waals surface area contributed by atoms with Crippen molar-refractivity contribution >= 4 is 63.9 Å². The van der Waals surface area contributed by atoms with Crippen LogP contribution in [-0.4, -0.2) is 99.0 Å². The number of ketones is 1. The molecule has 424 valence electrons. The highest BCUT2D eigenvalue weighted by Crippen LogP contribution is 2.32. The molecule has 81 heavy (non-hydrogen) atoms. The molecule has 3 aliphatic heterocycles. The molecule has 0 bridgehead atoms. The maximum absolute atomic E-state index is 14.5. The lowest BCUT2D eigenvalue weighted by Crippen LogP contribution is -2.53. The molecule has 2 saturated heterocycles. The molecule has 5 aromatic rings. The lowest BCUT2D eigenvalue weighted by atomic mass is 9.89. The van der Waals surface area contributed by atoms with Crippen LogP contribution in [0.2, 0.25) is 0 Å². The molecule has 1 unspecified atom stereocenters. The van der Waals surface area contributed by atoms with Crippen LogP contribution in [0.15, 0.2) is 103 Å². The summed E-state index contributed by atoms with van der Waals surface area (Å²) in [6.07, 6.45) is 7.62. The van der Waals surface area contributed by atoms with Crippen molar-refractivity contribution in [3.8, 4) is 11.8 Å². The molecule has 8 rings (SSSR count). The number of aromatic nitrogens is 1. The largest absolute Gasteiger partial charge is 0.370 e. The van der Waals surface area contributed by atoms with E-state index in [1.54, 1.807) is 72.8 Å². The predicted octanol–water partition coefficient (Wildman–Crippen LogP) is 7.28. The summed E-state index contributed by atoms with van der Waals surface area (Å²) in [4.78, 5) is 126. The third kappa shape index (κ3) is 15.0. The number of hydrogen-bond donors (Lipinski definition) is 6. The van der Waals surface area contributed by atoms with E-state index in [1.807, 2.05) is 6.07 Å². The van der Waals surface area contributed by atoms with Gasteiger partial charge in [-0.3, -0.25) is 48.5 Å². The van der Waals surface area contributed by atoms with Gasteiger partial charge in [-0.25, -0.2) is 8.78 Å². The molecule has 0 spiro atoms. The number of primary amides is 1. The summed E-state index contributed by atoms with van der Waals surface area (Å²) in [5.74, 6) is -2.05. The Hall–Kier alpha value is -8.53. The number of carbonyl (C=O) groups is 9. The lowest BCUT2D eigenvalue weighted by Gasteiger charge is -2.30. The second-order valence-corrected chi connectivity index (χ2v) is 21.1. The third-order valence-corrected chi connectivity index (χ3v) is 15.3. The minimum atomic E-state index is -3.10.